The van der Waals surface area contributed by atoms with E-state index in [4.69, 9.17) is 0 Å². The predicted molar refractivity (Wildman–Crippen MR) is 156 cm³/mol. The molecule has 0 spiro atoms. The Morgan fingerprint density at radius 2 is 1.63 bits per heavy atom. The third-order valence-electron chi connectivity index (χ3n) is 6.76. The molecule has 4 rings (SSSR count). The number of carbonyl (C=O) groups is 2. The maximum absolute atomic E-state index is 13.8. The molecular formula is C32H33N3O2S. The van der Waals surface area contributed by atoms with Gasteiger partial charge in [0.05, 0.1) is 5.25 Å². The van der Waals surface area contributed by atoms with Gasteiger partial charge in [0, 0.05) is 11.4 Å². The van der Waals surface area contributed by atoms with Crippen LogP contribution in [0.3, 0.4) is 0 Å². The van der Waals surface area contributed by atoms with E-state index < -0.39 is 11.2 Å². The molecule has 1 saturated heterocycles. The van der Waals surface area contributed by atoms with Gasteiger partial charge >= 0.3 is 0 Å². The number of rotatable bonds is 9. The van der Waals surface area contributed by atoms with Crippen LogP contribution in [-0.4, -0.2) is 17.1 Å². The second-order valence-corrected chi connectivity index (χ2v) is 10.7. The first-order valence-corrected chi connectivity index (χ1v) is 14.0. The Hall–Kier alpha value is -3.82. The minimum atomic E-state index is -0.520. The van der Waals surface area contributed by atoms with Gasteiger partial charge in [-0.05, 0) is 73.1 Å². The van der Waals surface area contributed by atoms with Gasteiger partial charge in [0.2, 0.25) is 5.91 Å². The van der Waals surface area contributed by atoms with Crippen LogP contribution in [-0.2, 0) is 28.9 Å². The lowest BCUT2D eigenvalue weighted by molar-refractivity contribution is -0.117. The summed E-state index contributed by atoms with van der Waals surface area (Å²) in [6.07, 6.45) is 4.74. The van der Waals surface area contributed by atoms with E-state index in [1.807, 2.05) is 49.4 Å². The number of hydrogen-bond acceptors (Lipinski definition) is 4. The number of hydrogen-bond donors (Lipinski definition) is 1. The van der Waals surface area contributed by atoms with Crippen molar-refractivity contribution in [2.24, 2.45) is 0 Å². The van der Waals surface area contributed by atoms with Crippen LogP contribution in [0.2, 0.25) is 0 Å². The van der Waals surface area contributed by atoms with Crippen molar-refractivity contribution in [3.63, 3.8) is 0 Å². The van der Waals surface area contributed by atoms with Gasteiger partial charge in [0.25, 0.3) is 5.91 Å². The van der Waals surface area contributed by atoms with E-state index >= 15 is 0 Å². The van der Waals surface area contributed by atoms with Gasteiger partial charge in [-0.15, -0.1) is 0 Å². The van der Waals surface area contributed by atoms with Crippen molar-refractivity contribution in [3.8, 4) is 6.07 Å². The highest BCUT2D eigenvalue weighted by atomic mass is 32.2. The largest absolute Gasteiger partial charge is 0.321 e. The van der Waals surface area contributed by atoms with Crippen molar-refractivity contribution in [1.82, 2.24) is 0 Å². The number of nitrogens with zero attached hydrogens (tertiary/aromatic N) is 2. The molecule has 1 atom stereocenters. The average Bonchev–Trinajstić information content (AvgIpc) is 3.25. The number of benzene rings is 3. The third-order valence-corrected chi connectivity index (χ3v) is 8.03. The van der Waals surface area contributed by atoms with E-state index in [0.717, 1.165) is 42.4 Å². The Morgan fingerprint density at radius 3 is 2.26 bits per heavy atom. The van der Waals surface area contributed by atoms with Crippen LogP contribution < -0.4 is 10.2 Å². The highest BCUT2D eigenvalue weighted by Crippen LogP contribution is 2.42. The maximum atomic E-state index is 13.8. The number of nitrogens with one attached hydrogen (secondary N) is 1. The fraction of sp³-hybridized carbons (Fsp3) is 0.281. The lowest BCUT2D eigenvalue weighted by Gasteiger charge is -2.19. The number of anilines is 2. The number of para-hydroxylation sites is 1. The molecule has 1 aliphatic heterocycles. The molecule has 1 aliphatic rings. The molecule has 0 aliphatic carbocycles. The monoisotopic (exact) mass is 523 g/mol. The van der Waals surface area contributed by atoms with E-state index in [-0.39, 0.29) is 11.5 Å². The predicted octanol–water partition coefficient (Wildman–Crippen LogP) is 6.97. The van der Waals surface area contributed by atoms with Crippen LogP contribution in [0.4, 0.5) is 11.4 Å². The summed E-state index contributed by atoms with van der Waals surface area (Å²) in [7, 11) is 0. The number of carbonyl (C=O) groups excluding carboxylic acids is 2. The number of thioether (sulfide) groups is 1. The van der Waals surface area contributed by atoms with Gasteiger partial charge in [0.15, 0.2) is 0 Å². The normalized spacial score (nSPS) is 16.3. The summed E-state index contributed by atoms with van der Waals surface area (Å²) >= 11 is 1.29. The minimum Gasteiger partial charge on any atom is -0.321 e. The van der Waals surface area contributed by atoms with Crippen LogP contribution in [0.5, 0.6) is 0 Å². The molecule has 0 radical (unpaired) electrons. The first-order chi connectivity index (χ1) is 18.4. The molecule has 2 amide bonds. The van der Waals surface area contributed by atoms with E-state index in [1.54, 1.807) is 11.0 Å². The summed E-state index contributed by atoms with van der Waals surface area (Å²) in [6.45, 7) is 6.15. The minimum absolute atomic E-state index is 0.0661. The molecule has 0 bridgehead atoms. The Balaban J connectivity index is 1.67. The van der Waals surface area contributed by atoms with Gasteiger partial charge in [-0.1, -0.05) is 86.6 Å². The smallest absolute Gasteiger partial charge is 0.269 e. The topological polar surface area (TPSA) is 73.2 Å². The Bertz CT molecular complexity index is 1370. The van der Waals surface area contributed by atoms with Crippen LogP contribution >= 0.6 is 11.8 Å². The highest BCUT2D eigenvalue weighted by molar-refractivity contribution is 8.05. The fourth-order valence-electron chi connectivity index (χ4n) is 4.44. The van der Waals surface area contributed by atoms with Crippen molar-refractivity contribution < 1.29 is 9.59 Å². The molecule has 0 aromatic heterocycles. The summed E-state index contributed by atoms with van der Waals surface area (Å²) in [5.74, 6) is -0.644. The second kappa shape index (κ2) is 12.6. The Labute approximate surface area is 229 Å². The van der Waals surface area contributed by atoms with Gasteiger partial charge in [-0.3, -0.25) is 14.5 Å². The molecule has 1 N–H and O–H groups in total. The van der Waals surface area contributed by atoms with Gasteiger partial charge in [-0.2, -0.15) is 5.26 Å². The number of unbranched alkanes of at least 4 members (excludes halogenated alkanes) is 1. The van der Waals surface area contributed by atoms with E-state index in [9.17, 15) is 14.9 Å². The lowest BCUT2D eigenvalue weighted by Crippen LogP contribution is -2.31. The maximum Gasteiger partial charge on any atom is 0.269 e. The van der Waals surface area contributed by atoms with Gasteiger partial charge in [0.1, 0.15) is 16.7 Å². The lowest BCUT2D eigenvalue weighted by atomic mass is 10.0. The van der Waals surface area contributed by atoms with Crippen LogP contribution in [0.1, 0.15) is 48.9 Å². The van der Waals surface area contributed by atoms with Crippen LogP contribution in [0, 0.1) is 18.3 Å². The van der Waals surface area contributed by atoms with Crippen molar-refractivity contribution in [2.75, 3.05) is 10.2 Å². The fourth-order valence-corrected chi connectivity index (χ4v) is 5.75. The molecule has 3 aromatic rings. The van der Waals surface area contributed by atoms with Crippen molar-refractivity contribution in [3.05, 3.63) is 106 Å². The van der Waals surface area contributed by atoms with Crippen LogP contribution in [0.15, 0.2) is 83.4 Å². The zero-order valence-electron chi connectivity index (χ0n) is 22.2. The van der Waals surface area contributed by atoms with E-state index in [1.165, 1.54) is 17.3 Å². The summed E-state index contributed by atoms with van der Waals surface area (Å²) in [5.41, 5.74) is 5.62. The molecule has 194 valence electrons. The highest BCUT2D eigenvalue weighted by Gasteiger charge is 2.40. The Morgan fingerprint density at radius 1 is 0.974 bits per heavy atom. The molecule has 1 heterocycles. The summed E-state index contributed by atoms with van der Waals surface area (Å²) in [6, 6.07) is 25.7. The molecular weight excluding hydrogens is 490 g/mol. The van der Waals surface area contributed by atoms with E-state index in [0.29, 0.717) is 22.8 Å². The molecule has 5 nitrogen and oxygen atoms in total. The average molecular weight is 524 g/mol. The summed E-state index contributed by atoms with van der Waals surface area (Å²) < 4.78 is 0. The molecule has 0 saturated carbocycles. The van der Waals surface area contributed by atoms with Crippen LogP contribution in [0.25, 0.3) is 0 Å². The molecule has 1 fully saturated rings. The van der Waals surface area contributed by atoms with Gasteiger partial charge in [-0.25, -0.2) is 0 Å². The van der Waals surface area contributed by atoms with E-state index in [2.05, 4.69) is 49.5 Å². The quantitative estimate of drug-likeness (QED) is 0.243. The zero-order chi connectivity index (χ0) is 27.1. The zero-order valence-corrected chi connectivity index (χ0v) is 23.0. The molecule has 1 unspecified atom stereocenters. The van der Waals surface area contributed by atoms with Crippen molar-refractivity contribution in [2.45, 2.75) is 58.1 Å². The number of nitriles is 1. The molecule has 6 heteroatoms. The van der Waals surface area contributed by atoms with Crippen molar-refractivity contribution >= 4 is 35.0 Å². The molecule has 38 heavy (non-hydrogen) atoms. The third kappa shape index (κ3) is 6.17. The first-order valence-electron chi connectivity index (χ1n) is 13.1. The Kier molecular flexibility index (Phi) is 9.04. The number of aryl methyl sites for hydroxylation is 3. The first kappa shape index (κ1) is 27.2. The van der Waals surface area contributed by atoms with Gasteiger partial charge < -0.3 is 5.32 Å². The summed E-state index contributed by atoms with van der Waals surface area (Å²) in [5, 5.41) is 12.9. The van der Waals surface area contributed by atoms with Crippen molar-refractivity contribution in [1.29, 1.82) is 5.26 Å². The standard InChI is InChI=1S/C32H33N3O2S/c1-4-6-10-24-12-14-25(15-13-24)20-29-31(37)35(26-18-16-23(5-2)17-19-26)32(38-29)27(21-33)30(36)34-28-11-8-7-9-22(28)3/h7-9,11-19,29H,4-6,10,20H2,1-3H3,(H,34,36)/b32-27-. The SMILES string of the molecule is CCCCc1ccc(CC2S/C(=C(/C#N)C(=O)Nc3ccccc3C)N(c3ccc(CC)cc3)C2=O)cc1. The molecule has 3 aromatic carbocycles. The summed E-state index contributed by atoms with van der Waals surface area (Å²) in [4.78, 5) is 28.6. The number of amides is 2. The second-order valence-electron chi connectivity index (χ2n) is 9.49.